The van der Waals surface area contributed by atoms with Crippen LogP contribution in [0.25, 0.3) is 0 Å². The summed E-state index contributed by atoms with van der Waals surface area (Å²) in [5.41, 5.74) is 0.412. The number of amides is 1. The zero-order valence-electron chi connectivity index (χ0n) is 6.68. The van der Waals surface area contributed by atoms with Gasteiger partial charge in [0.15, 0.2) is 0 Å². The van der Waals surface area contributed by atoms with E-state index in [0.717, 1.165) is 25.3 Å². The summed E-state index contributed by atoms with van der Waals surface area (Å²) in [4.78, 5) is 13.6. The highest BCUT2D eigenvalue weighted by Crippen LogP contribution is 2.59. The van der Waals surface area contributed by atoms with E-state index >= 15 is 0 Å². The Hall–Kier alpha value is -0.530. The van der Waals surface area contributed by atoms with E-state index in [-0.39, 0.29) is 0 Å². The highest BCUT2D eigenvalue weighted by atomic mass is 16.2. The van der Waals surface area contributed by atoms with Gasteiger partial charge in [0.2, 0.25) is 5.91 Å². The van der Waals surface area contributed by atoms with E-state index in [1.807, 2.05) is 0 Å². The minimum Gasteiger partial charge on any atom is -0.337 e. The van der Waals surface area contributed by atoms with Crippen molar-refractivity contribution in [1.82, 2.24) is 4.90 Å². The molecule has 0 aromatic carbocycles. The molecule has 3 aliphatic rings. The number of carbonyl (C=O) groups is 1. The number of nitrogens with zero attached hydrogens (tertiary/aromatic N) is 1. The summed E-state index contributed by atoms with van der Waals surface area (Å²) in [6.45, 7) is 1.06. The van der Waals surface area contributed by atoms with Gasteiger partial charge in [-0.3, -0.25) is 4.79 Å². The van der Waals surface area contributed by atoms with Crippen LogP contribution in [-0.4, -0.2) is 22.9 Å². The molecule has 1 aliphatic carbocycles. The van der Waals surface area contributed by atoms with Gasteiger partial charge in [0, 0.05) is 18.5 Å². The van der Waals surface area contributed by atoms with Crippen LogP contribution in [0.2, 0.25) is 0 Å². The number of rotatable bonds is 0. The minimum atomic E-state index is 0.412. The highest BCUT2D eigenvalue weighted by Gasteiger charge is 2.63. The van der Waals surface area contributed by atoms with Crippen molar-refractivity contribution in [2.75, 3.05) is 6.54 Å². The molecule has 3 fully saturated rings. The summed E-state index contributed by atoms with van der Waals surface area (Å²) < 4.78 is 0. The fourth-order valence-corrected chi connectivity index (χ4v) is 3.07. The van der Waals surface area contributed by atoms with E-state index in [2.05, 4.69) is 4.90 Å². The summed E-state index contributed by atoms with van der Waals surface area (Å²) in [5.74, 6) is 1.32. The molecule has 2 aliphatic heterocycles. The molecule has 2 saturated heterocycles. The third kappa shape index (κ3) is 0.569. The molecule has 1 saturated carbocycles. The van der Waals surface area contributed by atoms with Gasteiger partial charge in [-0.05, 0) is 31.6 Å². The van der Waals surface area contributed by atoms with E-state index in [4.69, 9.17) is 0 Å². The topological polar surface area (TPSA) is 20.3 Å². The molecule has 2 atom stereocenters. The first-order chi connectivity index (χ1) is 5.33. The second kappa shape index (κ2) is 1.62. The minimum absolute atomic E-state index is 0.412. The zero-order valence-corrected chi connectivity index (χ0v) is 6.68. The van der Waals surface area contributed by atoms with E-state index in [9.17, 15) is 4.79 Å². The van der Waals surface area contributed by atoms with Gasteiger partial charge in [-0.15, -0.1) is 0 Å². The van der Waals surface area contributed by atoms with Crippen LogP contribution >= 0.6 is 0 Å². The Kier molecular flexibility index (Phi) is 0.890. The average molecular weight is 151 g/mol. The van der Waals surface area contributed by atoms with Gasteiger partial charge in [0.1, 0.15) is 0 Å². The lowest BCUT2D eigenvalue weighted by Gasteiger charge is -2.32. The smallest absolute Gasteiger partial charge is 0.223 e. The second-order valence-corrected chi connectivity index (χ2v) is 4.19. The van der Waals surface area contributed by atoms with Crippen LogP contribution in [0.3, 0.4) is 0 Å². The monoisotopic (exact) mass is 151 g/mol. The van der Waals surface area contributed by atoms with Crippen molar-refractivity contribution in [3.8, 4) is 0 Å². The lowest BCUT2D eigenvalue weighted by Crippen LogP contribution is -2.43. The third-order valence-corrected chi connectivity index (χ3v) is 3.74. The standard InChI is InChI=1S/C9H13NO/c11-8-2-1-4-9-6-7(9)3-5-10(8)9/h7H,1-6H2. The summed E-state index contributed by atoms with van der Waals surface area (Å²) in [6.07, 6.45) is 5.86. The Balaban J connectivity index is 1.96. The fraction of sp³-hybridized carbons (Fsp3) is 0.889. The molecule has 0 bridgehead atoms. The van der Waals surface area contributed by atoms with E-state index < -0.39 is 0 Å². The lowest BCUT2D eigenvalue weighted by atomic mass is 10.0. The van der Waals surface area contributed by atoms with E-state index in [1.54, 1.807) is 0 Å². The van der Waals surface area contributed by atoms with Crippen LogP contribution in [0.5, 0.6) is 0 Å². The molecule has 0 N–H and O–H groups in total. The lowest BCUT2D eigenvalue weighted by molar-refractivity contribution is -0.136. The maximum absolute atomic E-state index is 11.4. The van der Waals surface area contributed by atoms with Gasteiger partial charge in [0.05, 0.1) is 0 Å². The van der Waals surface area contributed by atoms with Crippen molar-refractivity contribution in [2.24, 2.45) is 5.92 Å². The molecule has 3 rings (SSSR count). The normalized spacial score (nSPS) is 47.1. The second-order valence-electron chi connectivity index (χ2n) is 4.19. The van der Waals surface area contributed by atoms with Crippen LogP contribution in [0, 0.1) is 5.92 Å². The summed E-state index contributed by atoms with van der Waals surface area (Å²) in [5, 5.41) is 0. The predicted octanol–water partition coefficient (Wildman–Crippen LogP) is 1.16. The molecule has 2 unspecified atom stereocenters. The highest BCUT2D eigenvalue weighted by molar-refractivity contribution is 5.79. The van der Waals surface area contributed by atoms with E-state index in [0.29, 0.717) is 11.4 Å². The van der Waals surface area contributed by atoms with Crippen molar-refractivity contribution in [3.05, 3.63) is 0 Å². The third-order valence-electron chi connectivity index (χ3n) is 3.74. The Labute approximate surface area is 66.6 Å². The largest absolute Gasteiger partial charge is 0.337 e. The average Bonchev–Trinajstić information content (AvgIpc) is 2.55. The molecule has 2 heterocycles. The molecule has 11 heavy (non-hydrogen) atoms. The molecule has 2 nitrogen and oxygen atoms in total. The molecule has 60 valence electrons. The first-order valence-corrected chi connectivity index (χ1v) is 4.63. The van der Waals surface area contributed by atoms with Crippen LogP contribution in [-0.2, 0) is 4.79 Å². The maximum atomic E-state index is 11.4. The van der Waals surface area contributed by atoms with Crippen molar-refractivity contribution in [3.63, 3.8) is 0 Å². The van der Waals surface area contributed by atoms with Crippen molar-refractivity contribution in [1.29, 1.82) is 0 Å². The Morgan fingerprint density at radius 2 is 2.45 bits per heavy atom. The summed E-state index contributed by atoms with van der Waals surface area (Å²) in [6, 6.07) is 0. The van der Waals surface area contributed by atoms with Gasteiger partial charge in [-0.2, -0.15) is 0 Å². The molecular formula is C9H13NO. The molecule has 1 spiro atoms. The van der Waals surface area contributed by atoms with Crippen LogP contribution in [0.15, 0.2) is 0 Å². The molecule has 0 aromatic rings. The van der Waals surface area contributed by atoms with Crippen LogP contribution in [0.4, 0.5) is 0 Å². The molecule has 0 aromatic heterocycles. The first kappa shape index (κ1) is 6.04. The molecular weight excluding hydrogens is 138 g/mol. The van der Waals surface area contributed by atoms with Crippen molar-refractivity contribution in [2.45, 2.75) is 37.6 Å². The zero-order chi connectivity index (χ0) is 7.47. The predicted molar refractivity (Wildman–Crippen MR) is 41.0 cm³/mol. The van der Waals surface area contributed by atoms with Gasteiger partial charge in [-0.25, -0.2) is 0 Å². The van der Waals surface area contributed by atoms with E-state index in [1.165, 1.54) is 19.3 Å². The first-order valence-electron chi connectivity index (χ1n) is 4.63. The number of carbonyl (C=O) groups excluding carboxylic acids is 1. The number of hydrogen-bond acceptors (Lipinski definition) is 1. The maximum Gasteiger partial charge on any atom is 0.223 e. The Morgan fingerprint density at radius 3 is 3.18 bits per heavy atom. The number of hydrogen-bond donors (Lipinski definition) is 0. The van der Waals surface area contributed by atoms with Crippen molar-refractivity contribution >= 4 is 5.91 Å². The quantitative estimate of drug-likeness (QED) is 0.508. The molecule has 0 radical (unpaired) electrons. The number of piperidine rings is 2. The Morgan fingerprint density at radius 1 is 1.55 bits per heavy atom. The summed E-state index contributed by atoms with van der Waals surface area (Å²) >= 11 is 0. The van der Waals surface area contributed by atoms with Gasteiger partial charge >= 0.3 is 0 Å². The molecule has 2 heteroatoms. The Bertz CT molecular complexity index is 226. The SMILES string of the molecule is O=C1CCCC23CC2CCN13. The summed E-state index contributed by atoms with van der Waals surface area (Å²) in [7, 11) is 0. The molecule has 1 amide bonds. The van der Waals surface area contributed by atoms with Crippen LogP contribution < -0.4 is 0 Å². The van der Waals surface area contributed by atoms with Gasteiger partial charge < -0.3 is 4.90 Å². The van der Waals surface area contributed by atoms with Crippen molar-refractivity contribution < 1.29 is 4.79 Å². The van der Waals surface area contributed by atoms with Gasteiger partial charge in [-0.1, -0.05) is 0 Å². The van der Waals surface area contributed by atoms with Crippen LogP contribution in [0.1, 0.15) is 32.1 Å². The fourth-order valence-electron chi connectivity index (χ4n) is 3.07. The van der Waals surface area contributed by atoms with Gasteiger partial charge in [0.25, 0.3) is 0 Å².